The highest BCUT2D eigenvalue weighted by molar-refractivity contribution is 5.73. The number of aliphatic hydroxyl groups is 14. The van der Waals surface area contributed by atoms with Gasteiger partial charge in [-0.2, -0.15) is 0 Å². The summed E-state index contributed by atoms with van der Waals surface area (Å²) < 4.78 is 52.2. The van der Waals surface area contributed by atoms with Crippen molar-refractivity contribution in [2.75, 3.05) is 26.4 Å². The van der Waals surface area contributed by atoms with Crippen LogP contribution in [0.25, 0.3) is 0 Å². The molecule has 5 saturated heterocycles. The maximum Gasteiger partial charge on any atom is 0.217 e. The Balaban J connectivity index is 1.57. The zero-order chi connectivity index (χ0) is 45.2. The van der Waals surface area contributed by atoms with E-state index in [0.717, 1.165) is 13.8 Å². The Morgan fingerprint density at radius 1 is 0.426 bits per heavy atom. The van der Waals surface area contributed by atoms with E-state index in [4.69, 9.17) is 42.6 Å². The second kappa shape index (κ2) is 21.3. The molecule has 0 unspecified atom stereocenters. The third kappa shape index (κ3) is 10.8. The lowest BCUT2D eigenvalue weighted by molar-refractivity contribution is -0.399. The molecule has 0 bridgehead atoms. The highest BCUT2D eigenvalue weighted by Crippen LogP contribution is 2.37. The molecule has 5 heterocycles. The lowest BCUT2D eigenvalue weighted by Crippen LogP contribution is -2.71. The Morgan fingerprint density at radius 3 is 1.41 bits per heavy atom. The van der Waals surface area contributed by atoms with E-state index < -0.39 is 192 Å². The highest BCUT2D eigenvalue weighted by Gasteiger charge is 2.58. The number of ether oxygens (including phenoxy) is 9. The van der Waals surface area contributed by atoms with Crippen molar-refractivity contribution >= 4 is 11.8 Å². The van der Waals surface area contributed by atoms with Crippen LogP contribution in [0.3, 0.4) is 0 Å². The average molecular weight is 895 g/mol. The minimum atomic E-state index is -2.08. The Kier molecular flexibility index (Phi) is 17.5. The van der Waals surface area contributed by atoms with Crippen LogP contribution in [-0.4, -0.2) is 263 Å². The fourth-order valence-electron chi connectivity index (χ4n) is 7.74. The van der Waals surface area contributed by atoms with Crippen LogP contribution in [0.15, 0.2) is 0 Å². The summed E-state index contributed by atoms with van der Waals surface area (Å²) in [6.45, 7) is -0.358. The van der Waals surface area contributed by atoms with Crippen molar-refractivity contribution in [3.63, 3.8) is 0 Å². The van der Waals surface area contributed by atoms with Gasteiger partial charge in [0.15, 0.2) is 31.5 Å². The van der Waals surface area contributed by atoms with Crippen molar-refractivity contribution in [2.24, 2.45) is 0 Å². The van der Waals surface area contributed by atoms with Gasteiger partial charge in [-0.1, -0.05) is 0 Å². The quantitative estimate of drug-likeness (QED) is 0.0770. The van der Waals surface area contributed by atoms with Crippen molar-refractivity contribution in [2.45, 2.75) is 174 Å². The summed E-state index contributed by atoms with van der Waals surface area (Å²) in [7, 11) is 0. The first-order valence-corrected chi connectivity index (χ1v) is 19.5. The van der Waals surface area contributed by atoms with Crippen LogP contribution in [0.5, 0.6) is 0 Å². The fraction of sp³-hybridized carbons (Fsp3) is 0.941. The van der Waals surface area contributed by atoms with Crippen molar-refractivity contribution < 1.29 is 124 Å². The van der Waals surface area contributed by atoms with Gasteiger partial charge in [0.25, 0.3) is 0 Å². The van der Waals surface area contributed by atoms with Crippen LogP contribution in [-0.2, 0) is 52.2 Å². The molecule has 354 valence electrons. The number of hydrogen-bond donors (Lipinski definition) is 16. The molecule has 0 radical (unpaired) electrons. The molecular formula is C34H58N2O25. The molecule has 27 nitrogen and oxygen atoms in total. The molecule has 0 aliphatic carbocycles. The number of nitrogens with one attached hydrogen (secondary N) is 2. The van der Waals surface area contributed by atoms with Crippen LogP contribution in [0, 0.1) is 0 Å². The van der Waals surface area contributed by atoms with Gasteiger partial charge in [-0.15, -0.1) is 0 Å². The summed E-state index contributed by atoms with van der Waals surface area (Å²) in [5.74, 6) is -1.59. The molecule has 25 atom stereocenters. The largest absolute Gasteiger partial charge is 0.394 e. The van der Waals surface area contributed by atoms with Crippen LogP contribution in [0.2, 0.25) is 0 Å². The van der Waals surface area contributed by atoms with Gasteiger partial charge < -0.3 is 125 Å². The summed E-state index contributed by atoms with van der Waals surface area (Å²) in [4.78, 5) is 24.9. The highest BCUT2D eigenvalue weighted by atomic mass is 16.8. The number of carbonyl (C=O) groups is 2. The van der Waals surface area contributed by atoms with Crippen molar-refractivity contribution in [1.29, 1.82) is 0 Å². The SMILES string of the molecule is CC(=O)N[C@H]1[C@@H](O[C@H]2[C@@H](O)[C@@H](CO)O[C@@H](O[C@H]3[C@H](O)[C@@H](CO)O[C@@H](O[C@@H]4[C@@H](O)[C@H](O)O[C@H](CO)[C@@H]4O)[C@@H]3NC(C)=O)[C@@H]2O[C@@H]2O[C@@H](C)[C@@H](O)[C@@H](O)[C@@H]2O)O[C@H](CO)[C@H](O)[C@@H]1O. The average Bonchev–Trinajstić information content (AvgIpc) is 3.22. The van der Waals surface area contributed by atoms with E-state index in [-0.39, 0.29) is 0 Å². The molecule has 2 amide bonds. The van der Waals surface area contributed by atoms with E-state index in [1.165, 1.54) is 6.92 Å². The monoisotopic (exact) mass is 894 g/mol. The van der Waals surface area contributed by atoms with Gasteiger partial charge >= 0.3 is 0 Å². The molecule has 27 heteroatoms. The second-order valence-corrected chi connectivity index (χ2v) is 15.4. The van der Waals surface area contributed by atoms with Crippen molar-refractivity contribution in [3.8, 4) is 0 Å². The molecule has 5 rings (SSSR count). The predicted molar refractivity (Wildman–Crippen MR) is 188 cm³/mol. The van der Waals surface area contributed by atoms with Gasteiger partial charge in [-0.05, 0) is 6.92 Å². The second-order valence-electron chi connectivity index (χ2n) is 15.4. The number of aliphatic hydroxyl groups excluding tert-OH is 14. The normalized spacial score (nSPS) is 49.6. The number of hydrogen-bond acceptors (Lipinski definition) is 25. The van der Waals surface area contributed by atoms with E-state index in [9.17, 15) is 81.1 Å². The van der Waals surface area contributed by atoms with Crippen LogP contribution < -0.4 is 10.6 Å². The maximum absolute atomic E-state index is 12.7. The Bertz CT molecular complexity index is 1420. The minimum Gasteiger partial charge on any atom is -0.394 e. The molecule has 0 aromatic heterocycles. The van der Waals surface area contributed by atoms with E-state index >= 15 is 0 Å². The lowest BCUT2D eigenvalue weighted by atomic mass is 9.93. The molecule has 16 N–H and O–H groups in total. The number of rotatable bonds is 14. The predicted octanol–water partition coefficient (Wildman–Crippen LogP) is -10.6. The van der Waals surface area contributed by atoms with E-state index in [0.29, 0.717) is 0 Å². The van der Waals surface area contributed by atoms with Crippen molar-refractivity contribution in [1.82, 2.24) is 10.6 Å². The first-order chi connectivity index (χ1) is 28.8. The summed E-state index contributed by atoms with van der Waals surface area (Å²) >= 11 is 0. The van der Waals surface area contributed by atoms with Crippen LogP contribution >= 0.6 is 0 Å². The third-order valence-electron chi connectivity index (χ3n) is 11.1. The van der Waals surface area contributed by atoms with Crippen molar-refractivity contribution in [3.05, 3.63) is 0 Å². The Labute approximate surface area is 346 Å². The first-order valence-electron chi connectivity index (χ1n) is 19.5. The zero-order valence-electron chi connectivity index (χ0n) is 33.0. The molecule has 5 aliphatic rings. The summed E-state index contributed by atoms with van der Waals surface area (Å²) in [5.41, 5.74) is 0. The molecule has 61 heavy (non-hydrogen) atoms. The van der Waals surface area contributed by atoms with Gasteiger partial charge in [0.1, 0.15) is 116 Å². The van der Waals surface area contributed by atoms with Gasteiger partial charge in [0.2, 0.25) is 11.8 Å². The zero-order valence-corrected chi connectivity index (χ0v) is 33.0. The van der Waals surface area contributed by atoms with Crippen LogP contribution in [0.4, 0.5) is 0 Å². The smallest absolute Gasteiger partial charge is 0.217 e. The minimum absolute atomic E-state index is 0.763. The van der Waals surface area contributed by atoms with E-state index in [2.05, 4.69) is 10.6 Å². The molecular weight excluding hydrogens is 836 g/mol. The molecule has 0 spiro atoms. The van der Waals surface area contributed by atoms with E-state index in [1.54, 1.807) is 0 Å². The number of amides is 2. The molecule has 0 aromatic rings. The lowest BCUT2D eigenvalue weighted by Gasteiger charge is -2.51. The molecule has 5 fully saturated rings. The summed E-state index contributed by atoms with van der Waals surface area (Å²) in [6, 6.07) is -3.36. The van der Waals surface area contributed by atoms with Crippen LogP contribution in [0.1, 0.15) is 20.8 Å². The van der Waals surface area contributed by atoms with Gasteiger partial charge in [-0.25, -0.2) is 0 Å². The fourth-order valence-corrected chi connectivity index (χ4v) is 7.74. The van der Waals surface area contributed by atoms with Gasteiger partial charge in [0, 0.05) is 13.8 Å². The molecule has 0 saturated carbocycles. The summed E-state index contributed by atoms with van der Waals surface area (Å²) in [5, 5.41) is 154. The Hall–Kier alpha value is -1.98. The molecule has 5 aliphatic heterocycles. The third-order valence-corrected chi connectivity index (χ3v) is 11.1. The van der Waals surface area contributed by atoms with E-state index in [1.807, 2.05) is 0 Å². The van der Waals surface area contributed by atoms with Gasteiger partial charge in [0.05, 0.1) is 32.5 Å². The maximum atomic E-state index is 12.7. The number of carbonyl (C=O) groups excluding carboxylic acids is 2. The molecule has 0 aromatic carbocycles. The first kappa shape index (κ1) is 50.0. The Morgan fingerprint density at radius 2 is 0.852 bits per heavy atom. The topological polar surface area (TPSA) is 424 Å². The summed E-state index contributed by atoms with van der Waals surface area (Å²) in [6.07, 6.45) is -42.2. The standard InChI is InChI=1S/C34H58N2O25/c1-8-17(43)23(49)24(50)33(53-8)61-29-28(60-31-15(35-9(2)41)22(48)18(44)11(4-37)55-31)21(47)14(7-40)57-34(29)58-26-16(36-10(3)42)32(56-13(6-39)19(26)45)59-27-20(46)12(5-38)54-30(52)25(27)51/h8,11-34,37-40,43-52H,4-7H2,1-3H3,(H,35,41)(H,36,42)/t8-,11+,12+,13+,14+,15+,16+,17+,18-,19+,20-,21-,22+,23+,24-,25+,26+,27-,28-,29+,30+,31+,32-,33-,34-/m0/s1. The van der Waals surface area contributed by atoms with Gasteiger partial charge in [-0.3, -0.25) is 9.59 Å².